The second-order valence-electron chi connectivity index (χ2n) is 4.46. The molecule has 1 heterocycles. The first kappa shape index (κ1) is 14.7. The third-order valence-corrected chi connectivity index (χ3v) is 6.43. The van der Waals surface area contributed by atoms with Crippen molar-refractivity contribution in [3.8, 4) is 0 Å². The summed E-state index contributed by atoms with van der Waals surface area (Å²) in [5.41, 5.74) is 1.80. The highest BCUT2D eigenvalue weighted by Gasteiger charge is 2.24. The van der Waals surface area contributed by atoms with Crippen LogP contribution in [0, 0.1) is 6.92 Å². The molecule has 0 fully saturated rings. The summed E-state index contributed by atoms with van der Waals surface area (Å²) in [6.07, 6.45) is 0. The van der Waals surface area contributed by atoms with E-state index in [0.717, 1.165) is 14.1 Å². The quantitative estimate of drug-likeness (QED) is 0.624. The Bertz CT molecular complexity index is 951. The van der Waals surface area contributed by atoms with E-state index < -0.39 is 10.0 Å². The summed E-state index contributed by atoms with van der Waals surface area (Å²) >= 11 is 6.67. The zero-order chi connectivity index (χ0) is 15.2. The van der Waals surface area contributed by atoms with Gasteiger partial charge < -0.3 is 0 Å². The molecule has 0 aliphatic carbocycles. The van der Waals surface area contributed by atoms with Gasteiger partial charge in [0.25, 0.3) is 10.0 Å². The van der Waals surface area contributed by atoms with Gasteiger partial charge in [-0.25, -0.2) is 0 Å². The minimum absolute atomic E-state index is 0.152. The Balaban J connectivity index is 2.29. The molecule has 0 amide bonds. The Kier molecular flexibility index (Phi) is 3.62. The maximum Gasteiger partial charge on any atom is 0.286 e. The van der Waals surface area contributed by atoms with Gasteiger partial charge in [-0.2, -0.15) is 8.42 Å². The molecule has 5 nitrogen and oxygen atoms in total. The van der Waals surface area contributed by atoms with E-state index in [1.807, 2.05) is 6.92 Å². The summed E-state index contributed by atoms with van der Waals surface area (Å²) < 4.78 is 27.9. The van der Waals surface area contributed by atoms with Crippen LogP contribution in [0.2, 0.25) is 0 Å². The van der Waals surface area contributed by atoms with E-state index in [9.17, 15) is 8.42 Å². The van der Waals surface area contributed by atoms with Crippen molar-refractivity contribution in [2.24, 2.45) is 0 Å². The molecular formula is C13H9Br2N3O2S. The van der Waals surface area contributed by atoms with Gasteiger partial charge in [0, 0.05) is 8.95 Å². The minimum Gasteiger partial charge on any atom is -0.199 e. The smallest absolute Gasteiger partial charge is 0.199 e. The first-order valence-corrected chi connectivity index (χ1v) is 8.95. The van der Waals surface area contributed by atoms with Crippen LogP contribution in [0.15, 0.2) is 50.2 Å². The van der Waals surface area contributed by atoms with Gasteiger partial charge in [0.05, 0.1) is 0 Å². The minimum atomic E-state index is -3.82. The van der Waals surface area contributed by atoms with Gasteiger partial charge in [-0.15, -0.1) is 9.19 Å². The molecule has 0 aliphatic rings. The number of hydrogen-bond acceptors (Lipinski definition) is 4. The molecule has 0 aliphatic heterocycles. The Morgan fingerprint density at radius 1 is 1.10 bits per heavy atom. The van der Waals surface area contributed by atoms with Crippen molar-refractivity contribution >= 4 is 52.9 Å². The van der Waals surface area contributed by atoms with Crippen LogP contribution in [0.4, 0.5) is 0 Å². The van der Waals surface area contributed by atoms with Gasteiger partial charge in [0.2, 0.25) is 0 Å². The van der Waals surface area contributed by atoms with Crippen LogP contribution in [0.1, 0.15) is 5.56 Å². The van der Waals surface area contributed by atoms with Gasteiger partial charge in [-0.05, 0) is 52.7 Å². The number of aryl methyl sites for hydroxylation is 1. The molecule has 0 bridgehead atoms. The third kappa shape index (κ3) is 2.41. The third-order valence-electron chi connectivity index (χ3n) is 3.04. The molecule has 3 aromatic rings. The Labute approximate surface area is 138 Å². The van der Waals surface area contributed by atoms with E-state index in [1.54, 1.807) is 36.4 Å². The predicted molar refractivity (Wildman–Crippen MR) is 86.7 cm³/mol. The zero-order valence-electron chi connectivity index (χ0n) is 10.8. The molecule has 0 N–H and O–H groups in total. The fraction of sp³-hybridized carbons (Fsp3) is 0.0769. The number of fused-ring (bicyclic) bond motifs is 1. The molecule has 0 unspecified atom stereocenters. The van der Waals surface area contributed by atoms with Crippen LogP contribution in [0.25, 0.3) is 11.0 Å². The summed E-state index contributed by atoms with van der Waals surface area (Å²) in [7, 11) is -3.82. The highest BCUT2D eigenvalue weighted by atomic mass is 79.9. The average molecular weight is 431 g/mol. The highest BCUT2D eigenvalue weighted by molar-refractivity contribution is 9.11. The maximum atomic E-state index is 12.8. The lowest BCUT2D eigenvalue weighted by Gasteiger charge is -2.09. The maximum absolute atomic E-state index is 12.8. The molecule has 8 heteroatoms. The zero-order valence-corrected chi connectivity index (χ0v) is 14.8. The molecule has 0 radical (unpaired) electrons. The molecule has 0 saturated carbocycles. The molecule has 0 atom stereocenters. The predicted octanol–water partition coefficient (Wildman–Crippen LogP) is 3.50. The van der Waals surface area contributed by atoms with Crippen molar-refractivity contribution in [2.45, 2.75) is 11.8 Å². The lowest BCUT2D eigenvalue weighted by molar-refractivity contribution is 0.579. The second kappa shape index (κ2) is 5.19. The summed E-state index contributed by atoms with van der Waals surface area (Å²) in [5.74, 6) is 0. The fourth-order valence-electron chi connectivity index (χ4n) is 1.95. The number of para-hydroxylation sites is 1. The number of nitrogens with zero attached hydrogens (tertiary/aromatic N) is 3. The molecule has 0 spiro atoms. The first-order chi connectivity index (χ1) is 9.91. The van der Waals surface area contributed by atoms with Crippen molar-refractivity contribution in [2.75, 3.05) is 0 Å². The summed E-state index contributed by atoms with van der Waals surface area (Å²) in [6, 6.07) is 10.2. The lowest BCUT2D eigenvalue weighted by atomic mass is 10.2. The van der Waals surface area contributed by atoms with Gasteiger partial charge >= 0.3 is 0 Å². The number of halogens is 2. The van der Waals surface area contributed by atoms with Crippen LogP contribution in [0.3, 0.4) is 0 Å². The van der Waals surface area contributed by atoms with Gasteiger partial charge in [0.15, 0.2) is 0 Å². The van der Waals surface area contributed by atoms with Crippen molar-refractivity contribution < 1.29 is 8.42 Å². The molecule has 1 aromatic heterocycles. The summed E-state index contributed by atoms with van der Waals surface area (Å²) in [4.78, 5) is 0.152. The van der Waals surface area contributed by atoms with E-state index in [0.29, 0.717) is 15.5 Å². The van der Waals surface area contributed by atoms with Crippen LogP contribution in [-0.4, -0.2) is 22.8 Å². The first-order valence-electron chi connectivity index (χ1n) is 5.93. The lowest BCUT2D eigenvalue weighted by Crippen LogP contribution is -2.15. The SMILES string of the molecule is Cc1cc(S(=O)(=O)n2nnc3ccccc32)c(Br)cc1Br. The van der Waals surface area contributed by atoms with Crippen LogP contribution >= 0.6 is 31.9 Å². The summed E-state index contributed by atoms with van der Waals surface area (Å²) in [6.45, 7) is 1.83. The van der Waals surface area contributed by atoms with Crippen LogP contribution < -0.4 is 0 Å². The molecular weight excluding hydrogens is 422 g/mol. The number of benzene rings is 2. The number of hydrogen-bond donors (Lipinski definition) is 0. The molecule has 0 saturated heterocycles. The van der Waals surface area contributed by atoms with E-state index in [-0.39, 0.29) is 4.90 Å². The van der Waals surface area contributed by atoms with Crippen molar-refractivity contribution in [1.82, 2.24) is 14.4 Å². The fourth-order valence-corrected chi connectivity index (χ4v) is 4.92. The van der Waals surface area contributed by atoms with Crippen LogP contribution in [0.5, 0.6) is 0 Å². The largest absolute Gasteiger partial charge is 0.286 e. The van der Waals surface area contributed by atoms with Crippen molar-refractivity contribution in [1.29, 1.82) is 0 Å². The van der Waals surface area contributed by atoms with E-state index in [4.69, 9.17) is 0 Å². The Hall–Kier alpha value is -1.25. The van der Waals surface area contributed by atoms with Gasteiger partial charge in [-0.3, -0.25) is 0 Å². The Morgan fingerprint density at radius 2 is 1.81 bits per heavy atom. The normalized spacial score (nSPS) is 12.0. The molecule has 108 valence electrons. The van der Waals surface area contributed by atoms with Crippen molar-refractivity contribution in [3.63, 3.8) is 0 Å². The van der Waals surface area contributed by atoms with Crippen LogP contribution in [-0.2, 0) is 10.0 Å². The highest BCUT2D eigenvalue weighted by Crippen LogP contribution is 2.30. The summed E-state index contributed by atoms with van der Waals surface area (Å²) in [5, 5.41) is 7.67. The molecule has 2 aromatic carbocycles. The van der Waals surface area contributed by atoms with E-state index in [1.165, 1.54) is 0 Å². The number of aromatic nitrogens is 3. The van der Waals surface area contributed by atoms with Gasteiger partial charge in [-0.1, -0.05) is 33.3 Å². The topological polar surface area (TPSA) is 64.8 Å². The molecule has 21 heavy (non-hydrogen) atoms. The van der Waals surface area contributed by atoms with Crippen molar-refractivity contribution in [3.05, 3.63) is 50.9 Å². The van der Waals surface area contributed by atoms with Gasteiger partial charge in [0.1, 0.15) is 15.9 Å². The van der Waals surface area contributed by atoms with E-state index >= 15 is 0 Å². The van der Waals surface area contributed by atoms with E-state index in [2.05, 4.69) is 42.2 Å². The average Bonchev–Trinajstić information content (AvgIpc) is 2.87. The number of rotatable bonds is 2. The Morgan fingerprint density at radius 3 is 2.57 bits per heavy atom. The standard InChI is InChI=1S/C13H9Br2N3O2S/c1-8-6-13(10(15)7-9(8)14)21(19,20)18-12-5-3-2-4-11(12)16-17-18/h2-7H,1H3. The monoisotopic (exact) mass is 429 g/mol. The second-order valence-corrected chi connectivity index (χ2v) is 7.90. The molecule has 3 rings (SSSR count).